The Kier molecular flexibility index (Phi) is 2.59. The van der Waals surface area contributed by atoms with Gasteiger partial charge in [-0.1, -0.05) is 0 Å². The number of imidazole rings is 1. The lowest BCUT2D eigenvalue weighted by atomic mass is 10.2. The summed E-state index contributed by atoms with van der Waals surface area (Å²) in [5, 5.41) is 0. The molecule has 0 fully saturated rings. The second kappa shape index (κ2) is 4.28. The third-order valence-electron chi connectivity index (χ3n) is 3.17. The van der Waals surface area contributed by atoms with Gasteiger partial charge in [-0.25, -0.2) is 4.98 Å². The van der Waals surface area contributed by atoms with E-state index in [4.69, 9.17) is 10.5 Å². The Morgan fingerprint density at radius 2 is 2.11 bits per heavy atom. The first kappa shape index (κ1) is 11.5. The Labute approximate surface area is 110 Å². The summed E-state index contributed by atoms with van der Waals surface area (Å²) in [4.78, 5) is 8.67. The number of nitrogens with two attached hydrogens (primary N) is 1. The highest BCUT2D eigenvalue weighted by atomic mass is 16.5. The first-order valence-electron chi connectivity index (χ1n) is 5.91. The zero-order chi connectivity index (χ0) is 13.4. The lowest BCUT2D eigenvalue weighted by Crippen LogP contribution is -1.96. The number of aromatic nitrogens is 3. The number of nitrogens with zero attached hydrogens (tertiary/aromatic N) is 3. The number of hydrogen-bond donors (Lipinski definition) is 1. The molecule has 0 unspecified atom stereocenters. The van der Waals surface area contributed by atoms with Crippen molar-refractivity contribution in [2.24, 2.45) is 7.05 Å². The third-order valence-corrected chi connectivity index (χ3v) is 3.17. The number of benzene rings is 1. The van der Waals surface area contributed by atoms with Gasteiger partial charge in [-0.3, -0.25) is 4.98 Å². The topological polar surface area (TPSA) is 66.0 Å². The summed E-state index contributed by atoms with van der Waals surface area (Å²) in [5.41, 5.74) is 9.41. The molecule has 2 heterocycles. The van der Waals surface area contributed by atoms with E-state index in [0.717, 1.165) is 22.4 Å². The van der Waals surface area contributed by atoms with Crippen LogP contribution in [0.1, 0.15) is 0 Å². The summed E-state index contributed by atoms with van der Waals surface area (Å²) in [6.07, 6.45) is 3.52. The first-order chi connectivity index (χ1) is 9.20. The van der Waals surface area contributed by atoms with Crippen LogP contribution in [0.15, 0.2) is 36.7 Å². The molecule has 0 atom stereocenters. The van der Waals surface area contributed by atoms with Crippen molar-refractivity contribution in [3.05, 3.63) is 36.7 Å². The monoisotopic (exact) mass is 254 g/mol. The molecule has 2 N–H and O–H groups in total. The SMILES string of the molecule is COc1ccc(-c2nc3cnccc3n2C)cc1N. The molecule has 5 nitrogen and oxygen atoms in total. The molecule has 3 rings (SSSR count). The summed E-state index contributed by atoms with van der Waals surface area (Å²) < 4.78 is 7.19. The first-order valence-corrected chi connectivity index (χ1v) is 5.91. The van der Waals surface area contributed by atoms with Crippen molar-refractivity contribution < 1.29 is 4.74 Å². The van der Waals surface area contributed by atoms with Gasteiger partial charge in [0.15, 0.2) is 0 Å². The summed E-state index contributed by atoms with van der Waals surface area (Å²) >= 11 is 0. The Morgan fingerprint density at radius 1 is 1.26 bits per heavy atom. The maximum atomic E-state index is 5.94. The van der Waals surface area contributed by atoms with E-state index in [-0.39, 0.29) is 0 Å². The standard InChI is InChI=1S/C14H14N4O/c1-18-12-5-6-16-8-11(12)17-14(18)9-3-4-13(19-2)10(15)7-9/h3-8H,15H2,1-2H3. The Bertz CT molecular complexity index is 748. The number of anilines is 1. The second-order valence-electron chi connectivity index (χ2n) is 4.32. The molecule has 19 heavy (non-hydrogen) atoms. The fraction of sp³-hybridized carbons (Fsp3) is 0.143. The molecule has 0 saturated heterocycles. The van der Waals surface area contributed by atoms with Crippen LogP contribution in [0.2, 0.25) is 0 Å². The smallest absolute Gasteiger partial charge is 0.141 e. The van der Waals surface area contributed by atoms with Crippen LogP contribution in [-0.4, -0.2) is 21.6 Å². The highest BCUT2D eigenvalue weighted by Crippen LogP contribution is 2.29. The van der Waals surface area contributed by atoms with E-state index >= 15 is 0 Å². The maximum Gasteiger partial charge on any atom is 0.141 e. The molecule has 0 aliphatic carbocycles. The number of hydrogen-bond acceptors (Lipinski definition) is 4. The van der Waals surface area contributed by atoms with Crippen molar-refractivity contribution >= 4 is 16.7 Å². The van der Waals surface area contributed by atoms with E-state index in [1.807, 2.05) is 35.9 Å². The zero-order valence-corrected chi connectivity index (χ0v) is 10.8. The van der Waals surface area contributed by atoms with Gasteiger partial charge in [0.2, 0.25) is 0 Å². The average molecular weight is 254 g/mol. The van der Waals surface area contributed by atoms with Gasteiger partial charge in [-0.05, 0) is 24.3 Å². The number of fused-ring (bicyclic) bond motifs is 1. The molecular formula is C14H14N4O. The fourth-order valence-electron chi connectivity index (χ4n) is 2.18. The van der Waals surface area contributed by atoms with Crippen LogP contribution in [0.4, 0.5) is 5.69 Å². The van der Waals surface area contributed by atoms with E-state index in [0.29, 0.717) is 11.4 Å². The molecule has 0 radical (unpaired) electrons. The predicted molar refractivity (Wildman–Crippen MR) is 74.9 cm³/mol. The quantitative estimate of drug-likeness (QED) is 0.712. The van der Waals surface area contributed by atoms with E-state index < -0.39 is 0 Å². The Balaban J connectivity index is 2.19. The number of rotatable bonds is 2. The molecule has 0 aliphatic heterocycles. The number of ether oxygens (including phenoxy) is 1. The zero-order valence-electron chi connectivity index (χ0n) is 10.8. The molecule has 0 amide bonds. The molecular weight excluding hydrogens is 240 g/mol. The van der Waals surface area contributed by atoms with Gasteiger partial charge in [-0.15, -0.1) is 0 Å². The minimum Gasteiger partial charge on any atom is -0.495 e. The highest BCUT2D eigenvalue weighted by Gasteiger charge is 2.11. The third kappa shape index (κ3) is 1.79. The normalized spacial score (nSPS) is 10.8. The molecule has 0 aliphatic rings. The fourth-order valence-corrected chi connectivity index (χ4v) is 2.18. The molecule has 1 aromatic carbocycles. The van der Waals surface area contributed by atoms with Crippen molar-refractivity contribution in [3.63, 3.8) is 0 Å². The van der Waals surface area contributed by atoms with E-state index in [9.17, 15) is 0 Å². The summed E-state index contributed by atoms with van der Waals surface area (Å²) in [6.45, 7) is 0. The number of nitrogen functional groups attached to an aromatic ring is 1. The van der Waals surface area contributed by atoms with Gasteiger partial charge >= 0.3 is 0 Å². The lowest BCUT2D eigenvalue weighted by Gasteiger charge is -2.07. The van der Waals surface area contributed by atoms with Crippen molar-refractivity contribution in [2.45, 2.75) is 0 Å². The molecule has 3 aromatic rings. The van der Waals surface area contributed by atoms with Crippen LogP contribution in [0.5, 0.6) is 5.75 Å². The van der Waals surface area contributed by atoms with Gasteiger partial charge in [-0.2, -0.15) is 0 Å². The summed E-state index contributed by atoms with van der Waals surface area (Å²) in [6, 6.07) is 7.61. The van der Waals surface area contributed by atoms with Crippen LogP contribution >= 0.6 is 0 Å². The van der Waals surface area contributed by atoms with Crippen molar-refractivity contribution in [3.8, 4) is 17.1 Å². The van der Waals surface area contributed by atoms with Crippen molar-refractivity contribution in [2.75, 3.05) is 12.8 Å². The number of aryl methyl sites for hydroxylation is 1. The molecule has 5 heteroatoms. The largest absolute Gasteiger partial charge is 0.495 e. The minimum absolute atomic E-state index is 0.602. The maximum absolute atomic E-state index is 5.94. The van der Waals surface area contributed by atoms with Crippen LogP contribution in [0, 0.1) is 0 Å². The van der Waals surface area contributed by atoms with E-state index in [1.54, 1.807) is 19.5 Å². The van der Waals surface area contributed by atoms with E-state index in [2.05, 4.69) is 9.97 Å². The van der Waals surface area contributed by atoms with Gasteiger partial charge in [0.05, 0.1) is 24.5 Å². The molecule has 2 aromatic heterocycles. The van der Waals surface area contributed by atoms with Gasteiger partial charge in [0, 0.05) is 18.8 Å². The minimum atomic E-state index is 0.602. The van der Waals surface area contributed by atoms with Crippen LogP contribution in [0.25, 0.3) is 22.4 Å². The Morgan fingerprint density at radius 3 is 2.79 bits per heavy atom. The average Bonchev–Trinajstić information content (AvgIpc) is 2.77. The summed E-state index contributed by atoms with van der Waals surface area (Å²) in [7, 11) is 3.58. The van der Waals surface area contributed by atoms with E-state index in [1.165, 1.54) is 0 Å². The van der Waals surface area contributed by atoms with Crippen LogP contribution in [0.3, 0.4) is 0 Å². The molecule has 0 spiro atoms. The number of methoxy groups -OCH3 is 1. The van der Waals surface area contributed by atoms with Crippen LogP contribution in [-0.2, 0) is 7.05 Å². The Hall–Kier alpha value is -2.56. The van der Waals surface area contributed by atoms with Gasteiger partial charge < -0.3 is 15.0 Å². The predicted octanol–water partition coefficient (Wildman–Crippen LogP) is 2.23. The van der Waals surface area contributed by atoms with Crippen LogP contribution < -0.4 is 10.5 Å². The highest BCUT2D eigenvalue weighted by molar-refractivity contribution is 5.80. The summed E-state index contributed by atoms with van der Waals surface area (Å²) in [5.74, 6) is 1.53. The van der Waals surface area contributed by atoms with Crippen molar-refractivity contribution in [1.82, 2.24) is 14.5 Å². The lowest BCUT2D eigenvalue weighted by molar-refractivity contribution is 0.417. The molecule has 0 saturated carbocycles. The molecule has 0 bridgehead atoms. The number of pyridine rings is 1. The van der Waals surface area contributed by atoms with Gasteiger partial charge in [0.25, 0.3) is 0 Å². The molecule has 96 valence electrons. The van der Waals surface area contributed by atoms with Gasteiger partial charge in [0.1, 0.15) is 17.1 Å². The second-order valence-corrected chi connectivity index (χ2v) is 4.32. The van der Waals surface area contributed by atoms with Crippen molar-refractivity contribution in [1.29, 1.82) is 0 Å².